The first-order chi connectivity index (χ1) is 12.1. The SMILES string of the molecule is Cc1ccnc(SCC(=O)NCc2cc(-c3cccc(F)c3)no2)n1. The van der Waals surface area contributed by atoms with Crippen molar-refractivity contribution in [1.29, 1.82) is 0 Å². The van der Waals surface area contributed by atoms with E-state index < -0.39 is 0 Å². The molecule has 0 spiro atoms. The van der Waals surface area contributed by atoms with Crippen LogP contribution in [0.25, 0.3) is 11.3 Å². The molecule has 1 amide bonds. The maximum atomic E-state index is 13.2. The highest BCUT2D eigenvalue weighted by atomic mass is 32.2. The molecular weight excluding hydrogens is 343 g/mol. The highest BCUT2D eigenvalue weighted by molar-refractivity contribution is 7.99. The zero-order valence-corrected chi connectivity index (χ0v) is 14.2. The van der Waals surface area contributed by atoms with Crippen LogP contribution in [0.15, 0.2) is 52.3 Å². The molecule has 0 radical (unpaired) electrons. The van der Waals surface area contributed by atoms with E-state index in [2.05, 4.69) is 20.4 Å². The van der Waals surface area contributed by atoms with Gasteiger partial charge in [-0.1, -0.05) is 29.1 Å². The van der Waals surface area contributed by atoms with Crippen LogP contribution in [0, 0.1) is 12.7 Å². The minimum absolute atomic E-state index is 0.168. The maximum Gasteiger partial charge on any atom is 0.230 e. The van der Waals surface area contributed by atoms with Crippen LogP contribution in [0.4, 0.5) is 4.39 Å². The molecule has 0 bridgehead atoms. The molecule has 8 heteroatoms. The van der Waals surface area contributed by atoms with Crippen LogP contribution in [0.3, 0.4) is 0 Å². The van der Waals surface area contributed by atoms with Gasteiger partial charge in [-0.05, 0) is 25.1 Å². The summed E-state index contributed by atoms with van der Waals surface area (Å²) < 4.78 is 18.4. The van der Waals surface area contributed by atoms with E-state index in [9.17, 15) is 9.18 Å². The van der Waals surface area contributed by atoms with Crippen molar-refractivity contribution in [3.63, 3.8) is 0 Å². The Bertz CT molecular complexity index is 884. The third-order valence-electron chi connectivity index (χ3n) is 3.24. The summed E-state index contributed by atoms with van der Waals surface area (Å²) in [5, 5.41) is 7.19. The Balaban J connectivity index is 1.51. The lowest BCUT2D eigenvalue weighted by Crippen LogP contribution is -2.24. The summed E-state index contributed by atoms with van der Waals surface area (Å²) in [7, 11) is 0. The highest BCUT2D eigenvalue weighted by Gasteiger charge is 2.10. The summed E-state index contributed by atoms with van der Waals surface area (Å²) in [6.45, 7) is 2.07. The van der Waals surface area contributed by atoms with Crippen LogP contribution in [-0.4, -0.2) is 26.8 Å². The third kappa shape index (κ3) is 4.87. The quantitative estimate of drug-likeness (QED) is 0.539. The van der Waals surface area contributed by atoms with Gasteiger partial charge >= 0.3 is 0 Å². The van der Waals surface area contributed by atoms with Gasteiger partial charge in [0, 0.05) is 23.5 Å². The van der Waals surface area contributed by atoms with Gasteiger partial charge in [0.1, 0.15) is 11.5 Å². The van der Waals surface area contributed by atoms with E-state index in [-0.39, 0.29) is 24.0 Å². The molecule has 0 aliphatic rings. The van der Waals surface area contributed by atoms with Gasteiger partial charge in [0.05, 0.1) is 12.3 Å². The van der Waals surface area contributed by atoms with Crippen LogP contribution < -0.4 is 5.32 Å². The van der Waals surface area contributed by atoms with Gasteiger partial charge in [0.15, 0.2) is 10.9 Å². The summed E-state index contributed by atoms with van der Waals surface area (Å²) >= 11 is 1.26. The molecule has 0 fully saturated rings. The van der Waals surface area contributed by atoms with Crippen LogP contribution in [0.1, 0.15) is 11.5 Å². The molecule has 0 aliphatic carbocycles. The fraction of sp³-hybridized carbons (Fsp3) is 0.176. The summed E-state index contributed by atoms with van der Waals surface area (Å²) in [5.74, 6) is 0.183. The smallest absolute Gasteiger partial charge is 0.230 e. The number of carbonyl (C=O) groups excluding carboxylic acids is 1. The summed E-state index contributed by atoms with van der Waals surface area (Å²) in [6, 6.07) is 9.54. The fourth-order valence-electron chi connectivity index (χ4n) is 2.04. The standard InChI is InChI=1S/C17H15FN4O2S/c1-11-5-6-19-17(21-11)25-10-16(23)20-9-14-8-15(22-24-14)12-3-2-4-13(18)7-12/h2-8H,9-10H2,1H3,(H,20,23). The molecule has 0 atom stereocenters. The van der Waals surface area contributed by atoms with E-state index in [1.807, 2.05) is 6.92 Å². The van der Waals surface area contributed by atoms with Gasteiger partial charge in [-0.2, -0.15) is 0 Å². The Morgan fingerprint density at radius 2 is 2.20 bits per heavy atom. The van der Waals surface area contributed by atoms with Gasteiger partial charge in [0.25, 0.3) is 0 Å². The van der Waals surface area contributed by atoms with Crippen molar-refractivity contribution in [2.45, 2.75) is 18.6 Å². The first kappa shape index (κ1) is 17.1. The number of amides is 1. The molecule has 128 valence electrons. The zero-order chi connectivity index (χ0) is 17.6. The van der Waals surface area contributed by atoms with Crippen LogP contribution in [-0.2, 0) is 11.3 Å². The van der Waals surface area contributed by atoms with Gasteiger partial charge in [-0.25, -0.2) is 14.4 Å². The molecule has 0 unspecified atom stereocenters. The lowest BCUT2D eigenvalue weighted by atomic mass is 10.1. The average Bonchev–Trinajstić information content (AvgIpc) is 3.07. The molecule has 0 saturated carbocycles. The molecule has 0 aliphatic heterocycles. The van der Waals surface area contributed by atoms with E-state index >= 15 is 0 Å². The topological polar surface area (TPSA) is 80.9 Å². The number of rotatable bonds is 6. The molecular formula is C17H15FN4O2S. The molecule has 1 N–H and O–H groups in total. The number of aryl methyl sites for hydroxylation is 1. The number of nitrogens with zero attached hydrogens (tertiary/aromatic N) is 3. The molecule has 3 aromatic rings. The van der Waals surface area contributed by atoms with E-state index in [1.165, 1.54) is 23.9 Å². The second-order valence-corrected chi connectivity index (χ2v) is 6.18. The van der Waals surface area contributed by atoms with E-state index in [4.69, 9.17) is 4.52 Å². The summed E-state index contributed by atoms with van der Waals surface area (Å²) in [4.78, 5) is 20.2. The lowest BCUT2D eigenvalue weighted by molar-refractivity contribution is -0.118. The molecule has 0 saturated heterocycles. The normalized spacial score (nSPS) is 10.6. The highest BCUT2D eigenvalue weighted by Crippen LogP contribution is 2.20. The summed E-state index contributed by atoms with van der Waals surface area (Å²) in [5.41, 5.74) is 1.99. The molecule has 3 rings (SSSR count). The second-order valence-electron chi connectivity index (χ2n) is 5.23. The van der Waals surface area contributed by atoms with Crippen LogP contribution >= 0.6 is 11.8 Å². The van der Waals surface area contributed by atoms with Crippen molar-refractivity contribution in [2.24, 2.45) is 0 Å². The van der Waals surface area contributed by atoms with Gasteiger partial charge in [0.2, 0.25) is 5.91 Å². The number of hydrogen-bond acceptors (Lipinski definition) is 6. The number of halogens is 1. The lowest BCUT2D eigenvalue weighted by Gasteiger charge is -2.02. The molecule has 6 nitrogen and oxygen atoms in total. The number of thioether (sulfide) groups is 1. The number of benzene rings is 1. The van der Waals surface area contributed by atoms with Crippen LogP contribution in [0.5, 0.6) is 0 Å². The monoisotopic (exact) mass is 358 g/mol. The predicted octanol–water partition coefficient (Wildman–Crippen LogP) is 2.99. The van der Waals surface area contributed by atoms with E-state index in [0.29, 0.717) is 22.2 Å². The zero-order valence-electron chi connectivity index (χ0n) is 13.4. The Labute approximate surface area is 147 Å². The van der Waals surface area contributed by atoms with Crippen molar-refractivity contribution in [3.8, 4) is 11.3 Å². The Hall–Kier alpha value is -2.74. The Kier molecular flexibility index (Phi) is 5.39. The van der Waals surface area contributed by atoms with E-state index in [0.717, 1.165) is 5.69 Å². The Morgan fingerprint density at radius 3 is 3.00 bits per heavy atom. The first-order valence-corrected chi connectivity index (χ1v) is 8.49. The summed E-state index contributed by atoms with van der Waals surface area (Å²) in [6.07, 6.45) is 1.66. The molecule has 1 aromatic carbocycles. The number of hydrogen-bond donors (Lipinski definition) is 1. The average molecular weight is 358 g/mol. The number of aromatic nitrogens is 3. The largest absolute Gasteiger partial charge is 0.359 e. The Morgan fingerprint density at radius 1 is 1.32 bits per heavy atom. The van der Waals surface area contributed by atoms with Crippen molar-refractivity contribution < 1.29 is 13.7 Å². The van der Waals surface area contributed by atoms with Gasteiger partial charge in [-0.3, -0.25) is 4.79 Å². The van der Waals surface area contributed by atoms with Crippen molar-refractivity contribution in [2.75, 3.05) is 5.75 Å². The molecule has 2 heterocycles. The fourth-order valence-corrected chi connectivity index (χ4v) is 2.75. The third-order valence-corrected chi connectivity index (χ3v) is 4.11. The van der Waals surface area contributed by atoms with Crippen molar-refractivity contribution in [3.05, 3.63) is 59.9 Å². The number of nitrogens with one attached hydrogen (secondary N) is 1. The molecule has 25 heavy (non-hydrogen) atoms. The van der Waals surface area contributed by atoms with Gasteiger partial charge in [-0.15, -0.1) is 0 Å². The number of carbonyl (C=O) groups is 1. The minimum atomic E-state index is -0.342. The maximum absolute atomic E-state index is 13.2. The first-order valence-electron chi connectivity index (χ1n) is 7.51. The second kappa shape index (κ2) is 7.89. The van der Waals surface area contributed by atoms with E-state index in [1.54, 1.807) is 30.5 Å². The van der Waals surface area contributed by atoms with Crippen molar-refractivity contribution in [1.82, 2.24) is 20.4 Å². The van der Waals surface area contributed by atoms with Crippen molar-refractivity contribution >= 4 is 17.7 Å². The predicted molar refractivity (Wildman–Crippen MR) is 91.2 cm³/mol. The minimum Gasteiger partial charge on any atom is -0.359 e. The molecule has 2 aromatic heterocycles. The van der Waals surface area contributed by atoms with Gasteiger partial charge < -0.3 is 9.84 Å². The van der Waals surface area contributed by atoms with Crippen LogP contribution in [0.2, 0.25) is 0 Å².